The monoisotopic (exact) mass is 281 g/mol. The van der Waals surface area contributed by atoms with E-state index in [-0.39, 0.29) is 0 Å². The van der Waals surface area contributed by atoms with Gasteiger partial charge in [-0.25, -0.2) is 0 Å². The van der Waals surface area contributed by atoms with E-state index < -0.39 is 0 Å². The van der Waals surface area contributed by atoms with Crippen molar-refractivity contribution in [1.82, 2.24) is 5.32 Å². The second-order valence-electron chi connectivity index (χ2n) is 6.23. The molecule has 0 radical (unpaired) electrons. The summed E-state index contributed by atoms with van der Waals surface area (Å²) in [5.74, 6) is 5.01. The van der Waals surface area contributed by atoms with Crippen molar-refractivity contribution in [2.75, 3.05) is 6.54 Å². The lowest BCUT2D eigenvalue weighted by molar-refractivity contribution is 0.378. The van der Waals surface area contributed by atoms with Gasteiger partial charge in [-0.05, 0) is 66.8 Å². The van der Waals surface area contributed by atoms with Gasteiger partial charge in [0.15, 0.2) is 0 Å². The second kappa shape index (κ2) is 4.22. The molecule has 3 heteroatoms. The van der Waals surface area contributed by atoms with Crippen molar-refractivity contribution in [3.8, 4) is 0 Å². The van der Waals surface area contributed by atoms with Crippen molar-refractivity contribution in [1.29, 1.82) is 0 Å². The van der Waals surface area contributed by atoms with Crippen LogP contribution in [0.3, 0.4) is 0 Å². The third-order valence-corrected chi connectivity index (χ3v) is 6.97. The Kier molecular flexibility index (Phi) is 2.76. The lowest BCUT2D eigenvalue weighted by atomic mass is 9.96. The van der Waals surface area contributed by atoms with Crippen molar-refractivity contribution < 1.29 is 0 Å². The van der Waals surface area contributed by atoms with Crippen molar-refractivity contribution in [3.63, 3.8) is 0 Å². The zero-order valence-corrected chi connectivity index (χ0v) is 12.3. The summed E-state index contributed by atoms with van der Waals surface area (Å²) in [6.07, 6.45) is 4.53. The summed E-state index contributed by atoms with van der Waals surface area (Å²) in [5, 5.41) is 6.82. The Morgan fingerprint density at radius 3 is 2.67 bits per heavy atom. The molecule has 5 unspecified atom stereocenters. The minimum Gasteiger partial charge on any atom is -0.309 e. The predicted octanol–water partition coefficient (Wildman–Crippen LogP) is 4.34. The first-order valence-corrected chi connectivity index (χ1v) is 8.53. The number of rotatable bonds is 4. The Morgan fingerprint density at radius 1 is 1.39 bits per heavy atom. The maximum absolute atomic E-state index is 6.36. The fraction of sp³-hybridized carbons (Fsp3) is 0.733. The molecule has 18 heavy (non-hydrogen) atoms. The average molecular weight is 282 g/mol. The van der Waals surface area contributed by atoms with Gasteiger partial charge >= 0.3 is 0 Å². The van der Waals surface area contributed by atoms with Gasteiger partial charge in [0.2, 0.25) is 0 Å². The largest absolute Gasteiger partial charge is 0.309 e. The van der Waals surface area contributed by atoms with Crippen LogP contribution in [0.4, 0.5) is 0 Å². The molecule has 0 amide bonds. The van der Waals surface area contributed by atoms with Crippen molar-refractivity contribution in [3.05, 3.63) is 21.3 Å². The molecule has 1 nitrogen and oxygen atoms in total. The lowest BCUT2D eigenvalue weighted by Crippen LogP contribution is -2.24. The van der Waals surface area contributed by atoms with Gasteiger partial charge in [0.25, 0.3) is 0 Å². The summed E-state index contributed by atoms with van der Waals surface area (Å²) in [6, 6.07) is 2.58. The van der Waals surface area contributed by atoms with Gasteiger partial charge in [-0.1, -0.05) is 18.5 Å². The summed E-state index contributed by atoms with van der Waals surface area (Å²) in [7, 11) is 0. The highest BCUT2D eigenvalue weighted by atomic mass is 35.5. The first-order chi connectivity index (χ1) is 8.81. The molecule has 4 rings (SSSR count). The van der Waals surface area contributed by atoms with Gasteiger partial charge in [0.1, 0.15) is 0 Å². The van der Waals surface area contributed by atoms with E-state index in [0.717, 1.165) is 41.2 Å². The Hall–Kier alpha value is -0.0500. The standard InChI is InChI=1S/C15H20ClNS/c1-2-17-14(15-10(16)5-6-18-15)13-11-8-3-4-9(7-8)12(11)13/h5-6,8-9,11-14,17H,2-4,7H2,1H3. The van der Waals surface area contributed by atoms with Crippen LogP contribution in [-0.2, 0) is 0 Å². The van der Waals surface area contributed by atoms with Crippen LogP contribution < -0.4 is 5.32 Å². The molecule has 0 aromatic carbocycles. The van der Waals surface area contributed by atoms with Crippen LogP contribution in [0, 0.1) is 29.6 Å². The first-order valence-electron chi connectivity index (χ1n) is 7.27. The van der Waals surface area contributed by atoms with Crippen molar-refractivity contribution in [2.45, 2.75) is 32.2 Å². The van der Waals surface area contributed by atoms with Gasteiger partial charge in [-0.2, -0.15) is 0 Å². The highest BCUT2D eigenvalue weighted by molar-refractivity contribution is 7.10. The van der Waals surface area contributed by atoms with E-state index in [4.69, 9.17) is 11.6 Å². The number of thiophene rings is 1. The quantitative estimate of drug-likeness (QED) is 0.865. The van der Waals surface area contributed by atoms with Crippen LogP contribution >= 0.6 is 22.9 Å². The molecule has 5 atom stereocenters. The smallest absolute Gasteiger partial charge is 0.0561 e. The van der Waals surface area contributed by atoms with Crippen molar-refractivity contribution >= 4 is 22.9 Å². The molecular formula is C15H20ClNS. The molecular weight excluding hydrogens is 262 g/mol. The highest BCUT2D eigenvalue weighted by Crippen LogP contribution is 2.72. The van der Waals surface area contributed by atoms with Gasteiger partial charge in [-0.15, -0.1) is 11.3 Å². The molecule has 1 aromatic heterocycles. The zero-order valence-electron chi connectivity index (χ0n) is 10.7. The fourth-order valence-electron chi connectivity index (χ4n) is 4.99. The van der Waals surface area contributed by atoms with Gasteiger partial charge in [0, 0.05) is 10.9 Å². The van der Waals surface area contributed by atoms with Gasteiger partial charge in [-0.3, -0.25) is 0 Å². The predicted molar refractivity (Wildman–Crippen MR) is 77.0 cm³/mol. The molecule has 98 valence electrons. The molecule has 3 aliphatic carbocycles. The maximum atomic E-state index is 6.36. The Balaban J connectivity index is 1.60. The highest BCUT2D eigenvalue weighted by Gasteiger charge is 2.66. The topological polar surface area (TPSA) is 12.0 Å². The van der Waals surface area contributed by atoms with E-state index in [9.17, 15) is 0 Å². The molecule has 2 bridgehead atoms. The minimum atomic E-state index is 0.529. The molecule has 0 aliphatic heterocycles. The molecule has 3 aliphatic rings. The third kappa shape index (κ3) is 1.55. The second-order valence-corrected chi connectivity index (χ2v) is 7.59. The SMILES string of the molecule is CCNC(c1sccc1Cl)C1C2C3CCC(C3)C21. The van der Waals surface area contributed by atoms with Crippen LogP contribution in [-0.4, -0.2) is 6.54 Å². The summed E-state index contributed by atoms with van der Waals surface area (Å²) >= 11 is 8.19. The third-order valence-electron chi connectivity index (χ3n) is 5.53. The number of nitrogens with one attached hydrogen (secondary N) is 1. The van der Waals surface area contributed by atoms with Crippen LogP contribution in [0.1, 0.15) is 37.1 Å². The molecule has 0 spiro atoms. The molecule has 1 N–H and O–H groups in total. The number of hydrogen-bond acceptors (Lipinski definition) is 2. The molecule has 3 fully saturated rings. The number of fused-ring (bicyclic) bond motifs is 5. The van der Waals surface area contributed by atoms with E-state index >= 15 is 0 Å². The van der Waals surface area contributed by atoms with Crippen molar-refractivity contribution in [2.24, 2.45) is 29.6 Å². The lowest BCUT2D eigenvalue weighted by Gasteiger charge is -2.20. The zero-order chi connectivity index (χ0) is 12.3. The first kappa shape index (κ1) is 11.7. The van der Waals surface area contributed by atoms with Crippen LogP contribution in [0.5, 0.6) is 0 Å². The van der Waals surface area contributed by atoms with E-state index in [2.05, 4.69) is 23.7 Å². The molecule has 1 heterocycles. The van der Waals surface area contributed by atoms with Gasteiger partial charge < -0.3 is 5.32 Å². The van der Waals surface area contributed by atoms with Crippen LogP contribution in [0.15, 0.2) is 11.4 Å². The summed E-state index contributed by atoms with van der Waals surface area (Å²) in [6.45, 7) is 3.26. The maximum Gasteiger partial charge on any atom is 0.0561 e. The summed E-state index contributed by atoms with van der Waals surface area (Å²) in [4.78, 5) is 1.39. The molecule has 1 aromatic rings. The summed E-state index contributed by atoms with van der Waals surface area (Å²) < 4.78 is 0. The van der Waals surface area contributed by atoms with Crippen LogP contribution in [0.25, 0.3) is 0 Å². The number of halogens is 1. The van der Waals surface area contributed by atoms with E-state index in [0.29, 0.717) is 6.04 Å². The molecule has 0 saturated heterocycles. The van der Waals surface area contributed by atoms with Gasteiger partial charge in [0.05, 0.1) is 5.02 Å². The summed E-state index contributed by atoms with van der Waals surface area (Å²) in [5.41, 5.74) is 0. The van der Waals surface area contributed by atoms with Crippen LogP contribution in [0.2, 0.25) is 5.02 Å². The van der Waals surface area contributed by atoms with E-state index in [1.807, 2.05) is 11.3 Å². The Bertz CT molecular complexity index is 441. The number of hydrogen-bond donors (Lipinski definition) is 1. The van der Waals surface area contributed by atoms with E-state index in [1.54, 1.807) is 0 Å². The fourth-order valence-corrected chi connectivity index (χ4v) is 6.30. The normalized spacial score (nSPS) is 42.0. The Morgan fingerprint density at radius 2 is 2.11 bits per heavy atom. The molecule has 3 saturated carbocycles. The minimum absolute atomic E-state index is 0.529. The Labute approximate surface area is 118 Å². The average Bonchev–Trinajstić information content (AvgIpc) is 2.72. The van der Waals surface area contributed by atoms with E-state index in [1.165, 1.54) is 24.1 Å².